The highest BCUT2D eigenvalue weighted by Gasteiger charge is 2.43. The molecule has 0 radical (unpaired) electrons. The van der Waals surface area contributed by atoms with Crippen molar-refractivity contribution in [2.24, 2.45) is 5.73 Å². The zero-order valence-electron chi connectivity index (χ0n) is 11.5. The molecule has 0 bridgehead atoms. The summed E-state index contributed by atoms with van der Waals surface area (Å²) < 4.78 is 0. The van der Waals surface area contributed by atoms with E-state index < -0.39 is 0 Å². The maximum Gasteiger partial charge on any atom is 0.0230 e. The summed E-state index contributed by atoms with van der Waals surface area (Å²) in [6, 6.07) is 17.9. The van der Waals surface area contributed by atoms with Gasteiger partial charge in [-0.3, -0.25) is 0 Å². The Morgan fingerprint density at radius 1 is 0.850 bits per heavy atom. The van der Waals surface area contributed by atoms with Gasteiger partial charge < -0.3 is 5.73 Å². The molecule has 0 aromatic heterocycles. The second kappa shape index (κ2) is 4.32. The van der Waals surface area contributed by atoms with Gasteiger partial charge in [0.05, 0.1) is 0 Å². The van der Waals surface area contributed by atoms with E-state index in [4.69, 9.17) is 5.73 Å². The molecule has 0 amide bonds. The third kappa shape index (κ3) is 1.60. The van der Waals surface area contributed by atoms with Crippen LogP contribution >= 0.6 is 0 Å². The van der Waals surface area contributed by atoms with E-state index in [1.807, 2.05) is 0 Å². The van der Waals surface area contributed by atoms with Crippen LogP contribution in [-0.4, -0.2) is 6.04 Å². The molecule has 1 fully saturated rings. The van der Waals surface area contributed by atoms with E-state index in [-0.39, 0.29) is 5.41 Å². The standard InChI is InChI=1S/C19H19N/c20-16-11-12-19(13-16)17-7-3-1-5-14(17)9-10-15-6-2-4-8-18(15)19/h1-10,16H,11-13,20H2. The van der Waals surface area contributed by atoms with Crippen LogP contribution in [0, 0.1) is 0 Å². The maximum absolute atomic E-state index is 6.29. The van der Waals surface area contributed by atoms with E-state index in [2.05, 4.69) is 60.7 Å². The van der Waals surface area contributed by atoms with E-state index in [0.717, 1.165) is 19.3 Å². The van der Waals surface area contributed by atoms with Crippen LogP contribution in [0.2, 0.25) is 0 Å². The lowest BCUT2D eigenvalue weighted by Gasteiger charge is -2.32. The molecule has 1 saturated carbocycles. The lowest BCUT2D eigenvalue weighted by Crippen LogP contribution is -2.28. The van der Waals surface area contributed by atoms with Gasteiger partial charge in [-0.15, -0.1) is 0 Å². The van der Waals surface area contributed by atoms with E-state index in [1.165, 1.54) is 22.3 Å². The first-order valence-corrected chi connectivity index (χ1v) is 7.42. The Hall–Kier alpha value is -1.86. The lowest BCUT2D eigenvalue weighted by molar-refractivity contribution is 0.523. The summed E-state index contributed by atoms with van der Waals surface area (Å²) in [5, 5.41) is 0. The van der Waals surface area contributed by atoms with Gasteiger partial charge in [-0.05, 0) is 41.5 Å². The van der Waals surface area contributed by atoms with Crippen molar-refractivity contribution in [3.8, 4) is 0 Å². The van der Waals surface area contributed by atoms with E-state index >= 15 is 0 Å². The molecule has 0 heterocycles. The second-order valence-corrected chi connectivity index (χ2v) is 6.09. The van der Waals surface area contributed by atoms with Crippen molar-refractivity contribution in [2.45, 2.75) is 30.7 Å². The third-order valence-corrected chi connectivity index (χ3v) is 4.95. The predicted molar refractivity (Wildman–Crippen MR) is 84.4 cm³/mol. The smallest absolute Gasteiger partial charge is 0.0230 e. The Morgan fingerprint density at radius 3 is 1.90 bits per heavy atom. The van der Waals surface area contributed by atoms with Crippen LogP contribution in [0.1, 0.15) is 41.5 Å². The van der Waals surface area contributed by atoms with Gasteiger partial charge in [0.2, 0.25) is 0 Å². The fourth-order valence-electron chi connectivity index (χ4n) is 4.05. The molecule has 1 heteroatoms. The maximum atomic E-state index is 6.29. The number of hydrogen-bond acceptors (Lipinski definition) is 1. The summed E-state index contributed by atoms with van der Waals surface area (Å²) in [5.74, 6) is 0. The average Bonchev–Trinajstić information content (AvgIpc) is 2.82. The molecule has 1 nitrogen and oxygen atoms in total. The van der Waals surface area contributed by atoms with Gasteiger partial charge in [-0.25, -0.2) is 0 Å². The Labute approximate surface area is 120 Å². The van der Waals surface area contributed by atoms with Gasteiger partial charge in [0, 0.05) is 11.5 Å². The van der Waals surface area contributed by atoms with Gasteiger partial charge >= 0.3 is 0 Å². The quantitative estimate of drug-likeness (QED) is 0.763. The highest BCUT2D eigenvalue weighted by molar-refractivity contribution is 5.77. The molecule has 4 rings (SSSR count). The topological polar surface area (TPSA) is 26.0 Å². The van der Waals surface area contributed by atoms with Gasteiger partial charge in [0.1, 0.15) is 0 Å². The normalized spacial score (nSPS) is 22.4. The van der Waals surface area contributed by atoms with Crippen LogP contribution in [0.15, 0.2) is 48.5 Å². The second-order valence-electron chi connectivity index (χ2n) is 6.09. The fourth-order valence-corrected chi connectivity index (χ4v) is 4.05. The summed E-state index contributed by atoms with van der Waals surface area (Å²) in [6.45, 7) is 0. The van der Waals surface area contributed by atoms with Crippen molar-refractivity contribution in [1.82, 2.24) is 0 Å². The molecule has 1 atom stereocenters. The van der Waals surface area contributed by atoms with Crippen LogP contribution < -0.4 is 5.73 Å². The first-order chi connectivity index (χ1) is 9.79. The van der Waals surface area contributed by atoms with Crippen LogP contribution in [0.5, 0.6) is 0 Å². The highest BCUT2D eigenvalue weighted by atomic mass is 14.7. The van der Waals surface area contributed by atoms with Crippen LogP contribution in [0.4, 0.5) is 0 Å². The van der Waals surface area contributed by atoms with Gasteiger partial charge in [-0.2, -0.15) is 0 Å². The number of rotatable bonds is 0. The first-order valence-electron chi connectivity index (χ1n) is 7.42. The molecule has 100 valence electrons. The summed E-state index contributed by atoms with van der Waals surface area (Å²) >= 11 is 0. The number of fused-ring (bicyclic) bond motifs is 4. The number of nitrogens with two attached hydrogens (primary N) is 1. The van der Waals surface area contributed by atoms with Crippen molar-refractivity contribution in [1.29, 1.82) is 0 Å². The van der Waals surface area contributed by atoms with E-state index in [1.54, 1.807) is 0 Å². The Balaban J connectivity index is 2.04. The largest absolute Gasteiger partial charge is 0.328 e. The number of hydrogen-bond donors (Lipinski definition) is 1. The summed E-state index contributed by atoms with van der Waals surface area (Å²) in [6.07, 6.45) is 7.84. The molecule has 2 aromatic rings. The van der Waals surface area contributed by atoms with Crippen molar-refractivity contribution in [3.05, 3.63) is 70.8 Å². The monoisotopic (exact) mass is 261 g/mol. The van der Waals surface area contributed by atoms with Crippen molar-refractivity contribution in [2.75, 3.05) is 0 Å². The predicted octanol–water partition coefficient (Wildman–Crippen LogP) is 3.97. The molecule has 1 spiro atoms. The Kier molecular flexibility index (Phi) is 2.58. The van der Waals surface area contributed by atoms with Crippen LogP contribution in [0.25, 0.3) is 12.2 Å². The molecule has 0 saturated heterocycles. The average molecular weight is 261 g/mol. The summed E-state index contributed by atoms with van der Waals surface area (Å²) in [5.41, 5.74) is 12.0. The zero-order valence-corrected chi connectivity index (χ0v) is 11.5. The van der Waals surface area contributed by atoms with Gasteiger partial charge in [0.25, 0.3) is 0 Å². The third-order valence-electron chi connectivity index (χ3n) is 4.95. The minimum absolute atomic E-state index is 0.107. The molecule has 20 heavy (non-hydrogen) atoms. The highest BCUT2D eigenvalue weighted by Crippen LogP contribution is 2.49. The molecule has 2 aromatic carbocycles. The first kappa shape index (κ1) is 11.9. The Morgan fingerprint density at radius 2 is 1.40 bits per heavy atom. The lowest BCUT2D eigenvalue weighted by atomic mass is 9.71. The Bertz CT molecular complexity index is 634. The molecule has 2 aliphatic rings. The van der Waals surface area contributed by atoms with Crippen LogP contribution in [-0.2, 0) is 5.41 Å². The molecule has 2 aliphatic carbocycles. The molecule has 1 unspecified atom stereocenters. The van der Waals surface area contributed by atoms with Crippen molar-refractivity contribution < 1.29 is 0 Å². The van der Waals surface area contributed by atoms with E-state index in [9.17, 15) is 0 Å². The molecule has 2 N–H and O–H groups in total. The van der Waals surface area contributed by atoms with E-state index in [0.29, 0.717) is 6.04 Å². The minimum Gasteiger partial charge on any atom is -0.328 e. The molecular formula is C19H19N. The minimum atomic E-state index is 0.107. The van der Waals surface area contributed by atoms with Crippen molar-refractivity contribution in [3.63, 3.8) is 0 Å². The van der Waals surface area contributed by atoms with Crippen LogP contribution in [0.3, 0.4) is 0 Å². The van der Waals surface area contributed by atoms with Gasteiger partial charge in [0.15, 0.2) is 0 Å². The van der Waals surface area contributed by atoms with Gasteiger partial charge in [-0.1, -0.05) is 60.7 Å². The summed E-state index contributed by atoms with van der Waals surface area (Å²) in [4.78, 5) is 0. The fraction of sp³-hybridized carbons (Fsp3) is 0.263. The molecular weight excluding hydrogens is 242 g/mol. The SMILES string of the molecule is NC1CCC2(C1)c1ccccc1C=Cc1ccccc12. The molecule has 0 aliphatic heterocycles. The zero-order chi connectivity index (χ0) is 13.6. The summed E-state index contributed by atoms with van der Waals surface area (Å²) in [7, 11) is 0. The number of benzene rings is 2. The van der Waals surface area contributed by atoms with Crippen molar-refractivity contribution >= 4 is 12.2 Å².